The van der Waals surface area contributed by atoms with Gasteiger partial charge in [-0.1, -0.05) is 27.2 Å². The largest absolute Gasteiger partial charge is 0.341 e. The first kappa shape index (κ1) is 17.1. The standard InChI is InChI=1S/C11H24N2O.ClH/c1-4-7-10(12)11(14)13(8-5-2)9-6-3;/h10H,4-9,12H2,1-3H3;1H. The van der Waals surface area contributed by atoms with Crippen molar-refractivity contribution in [2.75, 3.05) is 13.1 Å². The second-order valence-electron chi connectivity index (χ2n) is 3.72. The summed E-state index contributed by atoms with van der Waals surface area (Å²) in [6.45, 7) is 7.90. The highest BCUT2D eigenvalue weighted by Crippen LogP contribution is 2.02. The zero-order valence-electron chi connectivity index (χ0n) is 10.2. The van der Waals surface area contributed by atoms with Crippen molar-refractivity contribution >= 4 is 18.3 Å². The fourth-order valence-corrected chi connectivity index (χ4v) is 1.54. The molecular weight excluding hydrogens is 212 g/mol. The SMILES string of the molecule is CCCC(N)C(=O)N(CCC)CCC.Cl. The predicted molar refractivity (Wildman–Crippen MR) is 67.3 cm³/mol. The summed E-state index contributed by atoms with van der Waals surface area (Å²) in [6, 6.07) is -0.293. The number of carbonyl (C=O) groups is 1. The summed E-state index contributed by atoms with van der Waals surface area (Å²) in [5.41, 5.74) is 5.80. The van der Waals surface area contributed by atoms with Gasteiger partial charge in [-0.2, -0.15) is 0 Å². The molecule has 0 radical (unpaired) electrons. The lowest BCUT2D eigenvalue weighted by molar-refractivity contribution is -0.132. The van der Waals surface area contributed by atoms with Crippen molar-refractivity contribution < 1.29 is 4.79 Å². The Labute approximate surface area is 99.8 Å². The number of rotatable bonds is 7. The second kappa shape index (κ2) is 10.2. The van der Waals surface area contributed by atoms with Gasteiger partial charge in [0.15, 0.2) is 0 Å². The van der Waals surface area contributed by atoms with Gasteiger partial charge in [-0.15, -0.1) is 12.4 Å². The zero-order chi connectivity index (χ0) is 11.0. The summed E-state index contributed by atoms with van der Waals surface area (Å²) in [6.07, 6.45) is 3.77. The minimum Gasteiger partial charge on any atom is -0.341 e. The van der Waals surface area contributed by atoms with E-state index in [1.165, 1.54) is 0 Å². The molecule has 0 fully saturated rings. The van der Waals surface area contributed by atoms with Crippen LogP contribution >= 0.6 is 12.4 Å². The molecular formula is C11H25ClN2O. The fraction of sp³-hybridized carbons (Fsp3) is 0.909. The van der Waals surface area contributed by atoms with Gasteiger partial charge in [0.2, 0.25) is 5.91 Å². The number of hydrogen-bond acceptors (Lipinski definition) is 2. The van der Waals surface area contributed by atoms with Crippen LogP contribution in [0.4, 0.5) is 0 Å². The quantitative estimate of drug-likeness (QED) is 0.737. The molecule has 0 rings (SSSR count). The first-order valence-electron chi connectivity index (χ1n) is 5.71. The van der Waals surface area contributed by atoms with Crippen LogP contribution in [0.15, 0.2) is 0 Å². The lowest BCUT2D eigenvalue weighted by Gasteiger charge is -2.24. The molecule has 92 valence electrons. The molecule has 4 heteroatoms. The maximum absolute atomic E-state index is 11.8. The van der Waals surface area contributed by atoms with Crippen molar-refractivity contribution in [1.29, 1.82) is 0 Å². The van der Waals surface area contributed by atoms with E-state index in [2.05, 4.69) is 20.8 Å². The highest BCUT2D eigenvalue weighted by molar-refractivity contribution is 5.85. The number of nitrogens with zero attached hydrogens (tertiary/aromatic N) is 1. The van der Waals surface area contributed by atoms with Crippen LogP contribution in [0.25, 0.3) is 0 Å². The van der Waals surface area contributed by atoms with Crippen molar-refractivity contribution in [3.8, 4) is 0 Å². The van der Waals surface area contributed by atoms with Crippen LogP contribution in [0.5, 0.6) is 0 Å². The van der Waals surface area contributed by atoms with Crippen LogP contribution in [0.1, 0.15) is 46.5 Å². The Kier molecular flexibility index (Phi) is 11.7. The molecule has 0 aliphatic heterocycles. The minimum absolute atomic E-state index is 0. The molecule has 1 atom stereocenters. The Bertz CT molecular complexity index is 159. The first-order chi connectivity index (χ1) is 6.67. The third kappa shape index (κ3) is 6.74. The van der Waals surface area contributed by atoms with Gasteiger partial charge in [-0.3, -0.25) is 4.79 Å². The van der Waals surface area contributed by atoms with Gasteiger partial charge in [-0.05, 0) is 19.3 Å². The molecule has 0 aliphatic rings. The van der Waals surface area contributed by atoms with Crippen LogP contribution in [-0.2, 0) is 4.79 Å². The van der Waals surface area contributed by atoms with Gasteiger partial charge < -0.3 is 10.6 Å². The van der Waals surface area contributed by atoms with Gasteiger partial charge in [0.1, 0.15) is 0 Å². The average Bonchev–Trinajstić information content (AvgIpc) is 2.17. The van der Waals surface area contributed by atoms with Crippen LogP contribution in [0.2, 0.25) is 0 Å². The Morgan fingerprint density at radius 2 is 1.60 bits per heavy atom. The molecule has 0 aromatic rings. The van der Waals surface area contributed by atoms with Crippen molar-refractivity contribution in [1.82, 2.24) is 4.90 Å². The predicted octanol–water partition coefficient (Wildman–Crippen LogP) is 2.18. The number of hydrogen-bond donors (Lipinski definition) is 1. The van der Waals surface area contributed by atoms with Crippen molar-refractivity contribution in [2.24, 2.45) is 5.73 Å². The summed E-state index contributed by atoms with van der Waals surface area (Å²) in [5.74, 6) is 0.121. The van der Waals surface area contributed by atoms with Crippen molar-refractivity contribution in [2.45, 2.75) is 52.5 Å². The van der Waals surface area contributed by atoms with E-state index in [1.54, 1.807) is 0 Å². The third-order valence-electron chi connectivity index (χ3n) is 2.22. The van der Waals surface area contributed by atoms with Gasteiger partial charge >= 0.3 is 0 Å². The number of carbonyl (C=O) groups excluding carboxylic acids is 1. The number of nitrogens with two attached hydrogens (primary N) is 1. The summed E-state index contributed by atoms with van der Waals surface area (Å²) >= 11 is 0. The maximum atomic E-state index is 11.8. The molecule has 3 nitrogen and oxygen atoms in total. The Morgan fingerprint density at radius 3 is 1.93 bits per heavy atom. The number of amides is 1. The highest BCUT2D eigenvalue weighted by atomic mass is 35.5. The molecule has 0 aromatic heterocycles. The van der Waals surface area contributed by atoms with Crippen LogP contribution in [0.3, 0.4) is 0 Å². The van der Waals surface area contributed by atoms with E-state index >= 15 is 0 Å². The molecule has 0 saturated heterocycles. The molecule has 1 unspecified atom stereocenters. The molecule has 1 amide bonds. The smallest absolute Gasteiger partial charge is 0.239 e. The lowest BCUT2D eigenvalue weighted by atomic mass is 10.1. The van der Waals surface area contributed by atoms with Crippen molar-refractivity contribution in [3.63, 3.8) is 0 Å². The average molecular weight is 237 g/mol. The molecule has 0 bridgehead atoms. The van der Waals surface area contributed by atoms with E-state index in [-0.39, 0.29) is 24.4 Å². The van der Waals surface area contributed by atoms with Crippen LogP contribution < -0.4 is 5.73 Å². The van der Waals surface area contributed by atoms with Gasteiger partial charge in [0.25, 0.3) is 0 Å². The van der Waals surface area contributed by atoms with Gasteiger partial charge in [0.05, 0.1) is 6.04 Å². The monoisotopic (exact) mass is 236 g/mol. The Balaban J connectivity index is 0. The fourth-order valence-electron chi connectivity index (χ4n) is 1.54. The van der Waals surface area contributed by atoms with Crippen LogP contribution in [-0.4, -0.2) is 29.9 Å². The van der Waals surface area contributed by atoms with Gasteiger partial charge in [0, 0.05) is 13.1 Å². The van der Waals surface area contributed by atoms with Gasteiger partial charge in [-0.25, -0.2) is 0 Å². The molecule has 2 N–H and O–H groups in total. The third-order valence-corrected chi connectivity index (χ3v) is 2.22. The lowest BCUT2D eigenvalue weighted by Crippen LogP contribution is -2.44. The molecule has 0 saturated carbocycles. The molecule has 0 spiro atoms. The second-order valence-corrected chi connectivity index (χ2v) is 3.72. The summed E-state index contributed by atoms with van der Waals surface area (Å²) in [4.78, 5) is 13.7. The van der Waals surface area contributed by atoms with E-state index in [4.69, 9.17) is 5.73 Å². The number of halogens is 1. The first-order valence-corrected chi connectivity index (χ1v) is 5.71. The summed E-state index contributed by atoms with van der Waals surface area (Å²) < 4.78 is 0. The topological polar surface area (TPSA) is 46.3 Å². The molecule has 0 heterocycles. The molecule has 0 aliphatic carbocycles. The zero-order valence-corrected chi connectivity index (χ0v) is 11.0. The van der Waals surface area contributed by atoms with E-state index in [0.29, 0.717) is 0 Å². The highest BCUT2D eigenvalue weighted by Gasteiger charge is 2.18. The summed E-state index contributed by atoms with van der Waals surface area (Å²) in [7, 11) is 0. The molecule has 15 heavy (non-hydrogen) atoms. The summed E-state index contributed by atoms with van der Waals surface area (Å²) in [5, 5.41) is 0. The van der Waals surface area contributed by atoms with E-state index in [1.807, 2.05) is 4.90 Å². The van der Waals surface area contributed by atoms with E-state index in [0.717, 1.165) is 38.8 Å². The van der Waals surface area contributed by atoms with Crippen LogP contribution in [0, 0.1) is 0 Å². The normalized spacial score (nSPS) is 11.7. The van der Waals surface area contributed by atoms with Crippen molar-refractivity contribution in [3.05, 3.63) is 0 Å². The minimum atomic E-state index is -0.293. The Hall–Kier alpha value is -0.280. The Morgan fingerprint density at radius 1 is 1.13 bits per heavy atom. The van der Waals surface area contributed by atoms with E-state index < -0.39 is 0 Å². The molecule has 0 aromatic carbocycles. The maximum Gasteiger partial charge on any atom is 0.239 e. The van der Waals surface area contributed by atoms with E-state index in [9.17, 15) is 4.79 Å².